The quantitative estimate of drug-likeness (QED) is 0.860. The summed E-state index contributed by atoms with van der Waals surface area (Å²) < 4.78 is 0. The van der Waals surface area contributed by atoms with E-state index in [9.17, 15) is 5.11 Å². The largest absolute Gasteiger partial charge is 0.508 e. The Bertz CT molecular complexity index is 624. The maximum Gasteiger partial charge on any atom is 0.115 e. The van der Waals surface area contributed by atoms with Crippen molar-refractivity contribution in [1.82, 2.24) is 4.90 Å². The number of nitrogens with zero attached hydrogens (tertiary/aromatic N) is 1. The maximum absolute atomic E-state index is 9.79. The molecule has 2 heterocycles. The van der Waals surface area contributed by atoms with Crippen LogP contribution in [-0.2, 0) is 11.8 Å². The predicted octanol–water partition coefficient (Wildman–Crippen LogP) is 4.69. The standard InChI is InChI=1S/C20H27NOS/c1-16-15-21(11-4-8-19-9-5-13-23-19)12-10-20(16,2)17-6-3-7-18(22)14-17/h3,5-7,9,13-14,16,22H,4,8,10-12,15H2,1-2H3/t16-,20-/m0/s1. The average Bonchev–Trinajstić information content (AvgIpc) is 3.04. The molecule has 0 bridgehead atoms. The molecule has 1 aromatic carbocycles. The lowest BCUT2D eigenvalue weighted by molar-refractivity contribution is 0.110. The zero-order valence-corrected chi connectivity index (χ0v) is 15.0. The first-order valence-electron chi connectivity index (χ1n) is 8.62. The summed E-state index contributed by atoms with van der Waals surface area (Å²) in [5.74, 6) is 0.981. The topological polar surface area (TPSA) is 23.5 Å². The van der Waals surface area contributed by atoms with Gasteiger partial charge in [0.25, 0.3) is 0 Å². The van der Waals surface area contributed by atoms with Crippen LogP contribution in [0, 0.1) is 5.92 Å². The van der Waals surface area contributed by atoms with E-state index in [0.29, 0.717) is 11.7 Å². The fourth-order valence-electron chi connectivity index (χ4n) is 3.74. The zero-order chi connectivity index (χ0) is 16.3. The van der Waals surface area contributed by atoms with Gasteiger partial charge in [-0.25, -0.2) is 0 Å². The van der Waals surface area contributed by atoms with Gasteiger partial charge in [-0.05, 0) is 72.8 Å². The summed E-state index contributed by atoms with van der Waals surface area (Å²) >= 11 is 1.87. The lowest BCUT2D eigenvalue weighted by Gasteiger charge is -2.45. The molecule has 0 unspecified atom stereocenters. The van der Waals surface area contributed by atoms with Crippen molar-refractivity contribution in [3.63, 3.8) is 0 Å². The van der Waals surface area contributed by atoms with Gasteiger partial charge in [0.1, 0.15) is 5.75 Å². The normalized spacial score (nSPS) is 25.6. The van der Waals surface area contributed by atoms with E-state index >= 15 is 0 Å². The first-order valence-corrected chi connectivity index (χ1v) is 9.50. The van der Waals surface area contributed by atoms with Gasteiger partial charge in [-0.15, -0.1) is 11.3 Å². The van der Waals surface area contributed by atoms with Gasteiger partial charge in [0.2, 0.25) is 0 Å². The minimum Gasteiger partial charge on any atom is -0.508 e. The van der Waals surface area contributed by atoms with Crippen LogP contribution in [0.15, 0.2) is 41.8 Å². The molecule has 0 amide bonds. The Morgan fingerprint density at radius 3 is 2.87 bits per heavy atom. The minimum absolute atomic E-state index is 0.170. The molecule has 0 spiro atoms. The summed E-state index contributed by atoms with van der Waals surface area (Å²) in [6.45, 7) is 8.21. The number of likely N-dealkylation sites (tertiary alicyclic amines) is 1. The number of aromatic hydroxyl groups is 1. The van der Waals surface area contributed by atoms with Crippen LogP contribution in [0.5, 0.6) is 5.75 Å². The van der Waals surface area contributed by atoms with Crippen molar-refractivity contribution in [3.05, 3.63) is 52.2 Å². The second-order valence-corrected chi connectivity index (χ2v) is 8.13. The van der Waals surface area contributed by atoms with Crippen LogP contribution >= 0.6 is 11.3 Å². The molecule has 2 aromatic rings. The molecule has 1 aliphatic heterocycles. The third-order valence-corrected chi connectivity index (χ3v) is 6.49. The Balaban J connectivity index is 1.56. The number of rotatable bonds is 5. The van der Waals surface area contributed by atoms with Crippen molar-refractivity contribution in [2.24, 2.45) is 5.92 Å². The van der Waals surface area contributed by atoms with Crippen LogP contribution in [0.3, 0.4) is 0 Å². The van der Waals surface area contributed by atoms with Crippen LogP contribution in [0.25, 0.3) is 0 Å². The molecule has 1 saturated heterocycles. The van der Waals surface area contributed by atoms with E-state index in [4.69, 9.17) is 0 Å². The second-order valence-electron chi connectivity index (χ2n) is 7.10. The molecule has 0 saturated carbocycles. The number of piperidine rings is 1. The summed E-state index contributed by atoms with van der Waals surface area (Å²) in [6.07, 6.45) is 3.61. The van der Waals surface area contributed by atoms with E-state index in [0.717, 1.165) is 19.5 Å². The van der Waals surface area contributed by atoms with Crippen LogP contribution in [0.1, 0.15) is 37.1 Å². The van der Waals surface area contributed by atoms with Crippen LogP contribution in [0.2, 0.25) is 0 Å². The molecule has 124 valence electrons. The summed E-state index contributed by atoms with van der Waals surface area (Å²) in [6, 6.07) is 12.2. The molecule has 1 N–H and O–H groups in total. The Kier molecular flexibility index (Phi) is 5.08. The van der Waals surface area contributed by atoms with Gasteiger partial charge >= 0.3 is 0 Å². The molecule has 1 aromatic heterocycles. The molecule has 0 aliphatic carbocycles. The second kappa shape index (κ2) is 7.06. The van der Waals surface area contributed by atoms with E-state index in [1.54, 1.807) is 6.07 Å². The Morgan fingerprint density at radius 1 is 1.30 bits per heavy atom. The first-order chi connectivity index (χ1) is 11.1. The fraction of sp³-hybridized carbons (Fsp3) is 0.500. The molecule has 1 aliphatic rings. The third-order valence-electron chi connectivity index (χ3n) is 5.55. The van der Waals surface area contributed by atoms with E-state index < -0.39 is 0 Å². The number of benzene rings is 1. The van der Waals surface area contributed by atoms with Crippen LogP contribution < -0.4 is 0 Å². The summed E-state index contributed by atoms with van der Waals surface area (Å²) in [4.78, 5) is 4.11. The highest BCUT2D eigenvalue weighted by molar-refractivity contribution is 7.09. The summed E-state index contributed by atoms with van der Waals surface area (Å²) in [5, 5.41) is 12.0. The highest BCUT2D eigenvalue weighted by Crippen LogP contribution is 2.40. The van der Waals surface area contributed by atoms with Gasteiger partial charge in [0, 0.05) is 11.4 Å². The van der Waals surface area contributed by atoms with Crippen molar-refractivity contribution in [2.75, 3.05) is 19.6 Å². The molecule has 3 heteroatoms. The van der Waals surface area contributed by atoms with Crippen molar-refractivity contribution in [2.45, 2.75) is 38.5 Å². The van der Waals surface area contributed by atoms with E-state index in [1.807, 2.05) is 23.5 Å². The molecule has 1 fully saturated rings. The van der Waals surface area contributed by atoms with Gasteiger partial charge < -0.3 is 10.0 Å². The lowest BCUT2D eigenvalue weighted by Crippen LogP contribution is -2.47. The van der Waals surface area contributed by atoms with Gasteiger partial charge in [0.05, 0.1) is 0 Å². The lowest BCUT2D eigenvalue weighted by atomic mass is 9.68. The Labute approximate surface area is 143 Å². The number of thiophene rings is 1. The van der Waals surface area contributed by atoms with Gasteiger partial charge in [-0.3, -0.25) is 0 Å². The van der Waals surface area contributed by atoms with Gasteiger partial charge in [-0.2, -0.15) is 0 Å². The van der Waals surface area contributed by atoms with Gasteiger partial charge in [0.15, 0.2) is 0 Å². The van der Waals surface area contributed by atoms with Crippen molar-refractivity contribution in [3.8, 4) is 5.75 Å². The molecular formula is C20H27NOS. The molecule has 3 rings (SSSR count). The van der Waals surface area contributed by atoms with E-state index in [-0.39, 0.29) is 5.41 Å². The van der Waals surface area contributed by atoms with E-state index in [1.165, 1.54) is 29.8 Å². The fourth-order valence-corrected chi connectivity index (χ4v) is 4.49. The summed E-state index contributed by atoms with van der Waals surface area (Å²) in [5.41, 5.74) is 1.45. The highest BCUT2D eigenvalue weighted by Gasteiger charge is 2.37. The SMILES string of the molecule is C[C@H]1CN(CCCc2cccs2)CC[C@]1(C)c1cccc(O)c1. The Morgan fingerprint density at radius 2 is 2.17 bits per heavy atom. The number of aryl methyl sites for hydroxylation is 1. The van der Waals surface area contributed by atoms with Gasteiger partial charge in [-0.1, -0.05) is 32.0 Å². The van der Waals surface area contributed by atoms with Crippen molar-refractivity contribution < 1.29 is 5.11 Å². The molecular weight excluding hydrogens is 302 g/mol. The number of hydrogen-bond donors (Lipinski definition) is 1. The zero-order valence-electron chi connectivity index (χ0n) is 14.2. The number of hydrogen-bond acceptors (Lipinski definition) is 3. The average molecular weight is 330 g/mol. The van der Waals surface area contributed by atoms with E-state index in [2.05, 4.69) is 42.3 Å². The monoisotopic (exact) mass is 329 g/mol. The predicted molar refractivity (Wildman–Crippen MR) is 98.3 cm³/mol. The summed E-state index contributed by atoms with van der Waals surface area (Å²) in [7, 11) is 0. The number of phenols is 1. The molecule has 2 nitrogen and oxygen atoms in total. The third kappa shape index (κ3) is 3.78. The number of phenolic OH excluding ortho intramolecular Hbond substituents is 1. The molecule has 0 radical (unpaired) electrons. The van der Waals surface area contributed by atoms with Crippen molar-refractivity contribution >= 4 is 11.3 Å². The molecule has 2 atom stereocenters. The smallest absolute Gasteiger partial charge is 0.115 e. The first kappa shape index (κ1) is 16.5. The highest BCUT2D eigenvalue weighted by atomic mass is 32.1. The molecule has 23 heavy (non-hydrogen) atoms. The minimum atomic E-state index is 0.170. The van der Waals surface area contributed by atoms with Crippen LogP contribution in [-0.4, -0.2) is 29.6 Å². The van der Waals surface area contributed by atoms with Crippen LogP contribution in [0.4, 0.5) is 0 Å². The Hall–Kier alpha value is -1.32. The maximum atomic E-state index is 9.79. The van der Waals surface area contributed by atoms with Crippen molar-refractivity contribution in [1.29, 1.82) is 0 Å².